The van der Waals surface area contributed by atoms with Gasteiger partial charge in [0.15, 0.2) is 0 Å². The molecule has 0 spiro atoms. The third kappa shape index (κ3) is 5.48. The van der Waals surface area contributed by atoms with Gasteiger partial charge in [-0.05, 0) is 36.6 Å². The first kappa shape index (κ1) is 23.0. The fourth-order valence-electron chi connectivity index (χ4n) is 5.68. The van der Waals surface area contributed by atoms with Gasteiger partial charge in [-0.25, -0.2) is 0 Å². The van der Waals surface area contributed by atoms with Crippen molar-refractivity contribution in [2.24, 2.45) is 5.92 Å². The second-order valence-corrected chi connectivity index (χ2v) is 9.91. The van der Waals surface area contributed by atoms with Gasteiger partial charge in [-0.15, -0.1) is 0 Å². The van der Waals surface area contributed by atoms with Crippen molar-refractivity contribution >= 4 is 0 Å². The van der Waals surface area contributed by atoms with E-state index in [9.17, 15) is 0 Å². The Morgan fingerprint density at radius 1 is 0.939 bits per heavy atom. The number of fused-ring (bicyclic) bond motifs is 1. The Balaban J connectivity index is 1.17. The first-order chi connectivity index (χ1) is 16.2. The van der Waals surface area contributed by atoms with Crippen molar-refractivity contribution in [1.29, 1.82) is 0 Å². The van der Waals surface area contributed by atoms with E-state index in [0.29, 0.717) is 30.3 Å². The Hall–Kier alpha value is -1.80. The van der Waals surface area contributed by atoms with Crippen molar-refractivity contribution in [1.82, 2.24) is 31.1 Å². The first-order valence-electron chi connectivity index (χ1n) is 12.8. The number of benzene rings is 2. The molecule has 3 aliphatic heterocycles. The van der Waals surface area contributed by atoms with E-state index in [0.717, 1.165) is 19.6 Å². The maximum absolute atomic E-state index is 3.86. The molecule has 0 radical (unpaired) electrons. The zero-order chi connectivity index (χ0) is 22.6. The van der Waals surface area contributed by atoms with Crippen molar-refractivity contribution in [3.8, 4) is 0 Å². The Morgan fingerprint density at radius 3 is 2.39 bits per heavy atom. The Morgan fingerprint density at radius 2 is 1.67 bits per heavy atom. The smallest absolute Gasteiger partial charge is 0.0644 e. The van der Waals surface area contributed by atoms with E-state index < -0.39 is 0 Å². The number of piperazine rings is 1. The summed E-state index contributed by atoms with van der Waals surface area (Å²) in [5.41, 5.74) is 4.17. The average Bonchev–Trinajstić information content (AvgIpc) is 3.31. The molecule has 2 aromatic carbocycles. The van der Waals surface area contributed by atoms with E-state index in [2.05, 4.69) is 99.5 Å². The molecule has 0 bridgehead atoms. The normalized spacial score (nSPS) is 29.6. The number of nitrogens with one attached hydrogen (secondary N) is 4. The van der Waals surface area contributed by atoms with Crippen molar-refractivity contribution in [2.75, 3.05) is 39.4 Å². The number of hydrogen-bond donors (Lipinski definition) is 4. The Kier molecular flexibility index (Phi) is 7.40. The van der Waals surface area contributed by atoms with Crippen LogP contribution in [-0.2, 0) is 6.54 Å². The van der Waals surface area contributed by atoms with Gasteiger partial charge < -0.3 is 4.90 Å². The van der Waals surface area contributed by atoms with Crippen LogP contribution in [0.2, 0.25) is 0 Å². The molecule has 33 heavy (non-hydrogen) atoms. The van der Waals surface area contributed by atoms with Crippen LogP contribution in [0.5, 0.6) is 0 Å². The second kappa shape index (κ2) is 10.6. The molecule has 0 aromatic heterocycles. The van der Waals surface area contributed by atoms with Crippen molar-refractivity contribution in [2.45, 2.75) is 51.2 Å². The highest BCUT2D eigenvalue weighted by atomic mass is 15.3. The highest BCUT2D eigenvalue weighted by molar-refractivity contribution is 5.27. The van der Waals surface area contributed by atoms with Crippen LogP contribution >= 0.6 is 0 Å². The average molecular weight is 449 g/mol. The summed E-state index contributed by atoms with van der Waals surface area (Å²) < 4.78 is 0. The highest BCUT2D eigenvalue weighted by Gasteiger charge is 2.41. The summed E-state index contributed by atoms with van der Waals surface area (Å²) in [5.74, 6) is 0.504. The van der Waals surface area contributed by atoms with Gasteiger partial charge in [0.2, 0.25) is 0 Å². The van der Waals surface area contributed by atoms with Crippen LogP contribution in [-0.4, -0.2) is 61.5 Å². The van der Waals surface area contributed by atoms with E-state index in [-0.39, 0.29) is 0 Å². The van der Waals surface area contributed by atoms with Gasteiger partial charge in [0, 0.05) is 57.4 Å². The quantitative estimate of drug-likeness (QED) is 0.523. The maximum Gasteiger partial charge on any atom is 0.0644 e. The molecule has 178 valence electrons. The molecule has 0 amide bonds. The van der Waals surface area contributed by atoms with E-state index in [1.54, 1.807) is 0 Å². The van der Waals surface area contributed by atoms with Gasteiger partial charge in [0.1, 0.15) is 0 Å². The molecule has 6 heteroatoms. The minimum absolute atomic E-state index is 0.296. The Labute approximate surface area is 199 Å². The molecule has 3 saturated heterocycles. The molecule has 4 N–H and O–H groups in total. The summed E-state index contributed by atoms with van der Waals surface area (Å²) in [4.78, 5) is 5.12. The van der Waals surface area contributed by atoms with Crippen LogP contribution in [0, 0.1) is 5.92 Å². The molecule has 3 heterocycles. The summed E-state index contributed by atoms with van der Waals surface area (Å²) in [5, 5.41) is 15.0. The largest absolute Gasteiger partial charge is 0.301 e. The topological polar surface area (TPSA) is 54.6 Å². The predicted octanol–water partition coefficient (Wildman–Crippen LogP) is 2.63. The molecule has 3 fully saturated rings. The summed E-state index contributed by atoms with van der Waals surface area (Å²) >= 11 is 0. The molecule has 5 atom stereocenters. The fraction of sp³-hybridized carbons (Fsp3) is 0.556. The van der Waals surface area contributed by atoms with E-state index >= 15 is 0 Å². The standard InChI is InChI=1S/C27H40N6/c1-3-32-13-15-33(16-14-32)18-21-9-11-23(12-10-21)25-17-24-26(28-19-29-27(24)31-25)30-20(2)22-7-5-4-6-8-22/h4-12,20,24-31H,3,13-19H2,1-2H3/t20-,24-,25+,26+,27+/m1/s1. The van der Waals surface area contributed by atoms with Crippen LogP contribution in [0.25, 0.3) is 0 Å². The van der Waals surface area contributed by atoms with Crippen LogP contribution in [0.3, 0.4) is 0 Å². The van der Waals surface area contributed by atoms with E-state index in [1.165, 1.54) is 49.4 Å². The van der Waals surface area contributed by atoms with Crippen molar-refractivity contribution in [3.05, 3.63) is 71.3 Å². The zero-order valence-corrected chi connectivity index (χ0v) is 20.1. The van der Waals surface area contributed by atoms with E-state index in [4.69, 9.17) is 0 Å². The lowest BCUT2D eigenvalue weighted by atomic mass is 9.94. The van der Waals surface area contributed by atoms with Crippen molar-refractivity contribution in [3.63, 3.8) is 0 Å². The predicted molar refractivity (Wildman–Crippen MR) is 135 cm³/mol. The third-order valence-corrected chi connectivity index (χ3v) is 7.82. The van der Waals surface area contributed by atoms with Crippen LogP contribution in [0.15, 0.2) is 54.6 Å². The molecule has 0 aliphatic carbocycles. The number of rotatable bonds is 7. The minimum atomic E-state index is 0.296. The summed E-state index contributed by atoms with van der Waals surface area (Å²) in [6.45, 7) is 12.3. The van der Waals surface area contributed by atoms with Gasteiger partial charge in [0.25, 0.3) is 0 Å². The summed E-state index contributed by atoms with van der Waals surface area (Å²) in [6, 6.07) is 20.8. The molecule has 3 aliphatic rings. The highest BCUT2D eigenvalue weighted by Crippen LogP contribution is 2.34. The van der Waals surface area contributed by atoms with Crippen molar-refractivity contribution < 1.29 is 0 Å². The second-order valence-electron chi connectivity index (χ2n) is 9.91. The molecule has 0 saturated carbocycles. The van der Waals surface area contributed by atoms with Gasteiger partial charge in [-0.2, -0.15) is 0 Å². The van der Waals surface area contributed by atoms with Gasteiger partial charge >= 0.3 is 0 Å². The van der Waals surface area contributed by atoms with Gasteiger partial charge in [-0.3, -0.25) is 26.2 Å². The lowest BCUT2D eigenvalue weighted by Gasteiger charge is -2.37. The van der Waals surface area contributed by atoms with Crippen LogP contribution in [0.1, 0.15) is 49.0 Å². The number of hydrogen-bond acceptors (Lipinski definition) is 6. The molecular formula is C27H40N6. The molecular weight excluding hydrogens is 408 g/mol. The summed E-state index contributed by atoms with van der Waals surface area (Å²) in [6.07, 6.45) is 1.76. The minimum Gasteiger partial charge on any atom is -0.301 e. The summed E-state index contributed by atoms with van der Waals surface area (Å²) in [7, 11) is 0. The van der Waals surface area contributed by atoms with Gasteiger partial charge in [-0.1, -0.05) is 61.5 Å². The van der Waals surface area contributed by atoms with Gasteiger partial charge in [0.05, 0.1) is 12.3 Å². The number of likely N-dealkylation sites (N-methyl/N-ethyl adjacent to an activating group) is 1. The third-order valence-electron chi connectivity index (χ3n) is 7.82. The molecule has 0 unspecified atom stereocenters. The monoisotopic (exact) mass is 448 g/mol. The lowest BCUT2D eigenvalue weighted by molar-refractivity contribution is 0.132. The van der Waals surface area contributed by atoms with Crippen LogP contribution in [0.4, 0.5) is 0 Å². The van der Waals surface area contributed by atoms with Crippen LogP contribution < -0.4 is 21.3 Å². The Bertz CT molecular complexity index is 864. The molecule has 5 rings (SSSR count). The SMILES string of the molecule is CCN1CCN(Cc2ccc([C@@H]3C[C@H]4[C@@H](NCN[C@H]4N[C@H](C)c4ccccc4)N3)cc2)CC1. The number of nitrogens with zero attached hydrogens (tertiary/aromatic N) is 2. The maximum atomic E-state index is 3.86. The molecule has 2 aromatic rings. The van der Waals surface area contributed by atoms with E-state index in [1.807, 2.05) is 0 Å². The first-order valence-corrected chi connectivity index (χ1v) is 12.8. The zero-order valence-electron chi connectivity index (χ0n) is 20.1. The molecule has 6 nitrogen and oxygen atoms in total. The fourth-order valence-corrected chi connectivity index (χ4v) is 5.68. The lowest BCUT2D eigenvalue weighted by Crippen LogP contribution is -2.63.